The molecule has 1 aromatic heterocycles. The Labute approximate surface area is 110 Å². The molecule has 0 aliphatic heterocycles. The van der Waals surface area contributed by atoms with Crippen molar-refractivity contribution in [3.05, 3.63) is 11.5 Å². The van der Waals surface area contributed by atoms with Crippen molar-refractivity contribution in [2.45, 2.75) is 70.8 Å². The minimum absolute atomic E-state index is 0.633. The maximum absolute atomic E-state index is 6.36. The molecule has 0 atom stereocenters. The van der Waals surface area contributed by atoms with Gasteiger partial charge in [0, 0.05) is 18.4 Å². The molecule has 2 aliphatic rings. The third-order valence-electron chi connectivity index (χ3n) is 4.30. The van der Waals surface area contributed by atoms with Crippen molar-refractivity contribution in [3.63, 3.8) is 0 Å². The minimum atomic E-state index is 0.633. The molecule has 100 valence electrons. The van der Waals surface area contributed by atoms with Crippen molar-refractivity contribution in [3.8, 4) is 0 Å². The number of rotatable bonds is 4. The normalized spacial score (nSPS) is 21.1. The van der Waals surface area contributed by atoms with Crippen molar-refractivity contribution in [2.24, 2.45) is 5.92 Å². The van der Waals surface area contributed by atoms with Crippen molar-refractivity contribution in [2.75, 3.05) is 5.73 Å². The largest absolute Gasteiger partial charge is 0.384 e. The van der Waals surface area contributed by atoms with E-state index in [0.29, 0.717) is 17.8 Å². The second kappa shape index (κ2) is 4.60. The molecule has 1 aromatic rings. The number of hydrogen-bond acceptors (Lipinski definition) is 2. The number of nitrogens with two attached hydrogens (primary N) is 1. The van der Waals surface area contributed by atoms with E-state index in [9.17, 15) is 0 Å². The fourth-order valence-electron chi connectivity index (χ4n) is 3.21. The molecule has 0 spiro atoms. The smallest absolute Gasteiger partial charge is 0.127 e. The van der Waals surface area contributed by atoms with Crippen LogP contribution in [0.4, 0.5) is 5.82 Å². The number of aromatic nitrogens is 2. The van der Waals surface area contributed by atoms with Crippen LogP contribution in [0.15, 0.2) is 0 Å². The first-order valence-corrected chi connectivity index (χ1v) is 7.52. The van der Waals surface area contributed by atoms with Crippen molar-refractivity contribution < 1.29 is 0 Å². The predicted molar refractivity (Wildman–Crippen MR) is 74.7 cm³/mol. The Hall–Kier alpha value is -0.990. The van der Waals surface area contributed by atoms with Gasteiger partial charge in [0.1, 0.15) is 11.6 Å². The molecule has 0 bridgehead atoms. The molecular weight excluding hydrogens is 222 g/mol. The van der Waals surface area contributed by atoms with Crippen LogP contribution < -0.4 is 5.73 Å². The highest BCUT2D eigenvalue weighted by Crippen LogP contribution is 2.44. The van der Waals surface area contributed by atoms with Gasteiger partial charge in [0.2, 0.25) is 0 Å². The van der Waals surface area contributed by atoms with Crippen LogP contribution in [0.5, 0.6) is 0 Å². The SMILES string of the molecule is CC(C)Cn1c(C2CCCC2)nc(C2CC2)c1N. The van der Waals surface area contributed by atoms with Crippen molar-refractivity contribution in [1.82, 2.24) is 9.55 Å². The Morgan fingerprint density at radius 1 is 1.17 bits per heavy atom. The number of hydrogen-bond donors (Lipinski definition) is 1. The fourth-order valence-corrected chi connectivity index (χ4v) is 3.21. The van der Waals surface area contributed by atoms with E-state index in [0.717, 1.165) is 12.4 Å². The minimum Gasteiger partial charge on any atom is -0.384 e. The fraction of sp³-hybridized carbons (Fsp3) is 0.800. The monoisotopic (exact) mass is 247 g/mol. The Bertz CT molecular complexity index is 423. The van der Waals surface area contributed by atoms with Gasteiger partial charge in [-0.15, -0.1) is 0 Å². The summed E-state index contributed by atoms with van der Waals surface area (Å²) in [6.07, 6.45) is 7.90. The summed E-state index contributed by atoms with van der Waals surface area (Å²) in [7, 11) is 0. The average molecular weight is 247 g/mol. The van der Waals surface area contributed by atoms with E-state index < -0.39 is 0 Å². The summed E-state index contributed by atoms with van der Waals surface area (Å²) < 4.78 is 2.33. The zero-order chi connectivity index (χ0) is 12.7. The lowest BCUT2D eigenvalue weighted by molar-refractivity contribution is 0.492. The van der Waals surface area contributed by atoms with E-state index in [-0.39, 0.29) is 0 Å². The molecule has 3 heteroatoms. The number of imidazole rings is 1. The molecule has 0 unspecified atom stereocenters. The molecule has 0 saturated heterocycles. The van der Waals surface area contributed by atoms with Crippen LogP contribution in [0, 0.1) is 5.92 Å². The molecule has 0 aromatic carbocycles. The van der Waals surface area contributed by atoms with Crippen LogP contribution in [0.3, 0.4) is 0 Å². The highest BCUT2D eigenvalue weighted by Gasteiger charge is 2.33. The van der Waals surface area contributed by atoms with Crippen molar-refractivity contribution in [1.29, 1.82) is 0 Å². The lowest BCUT2D eigenvalue weighted by atomic mass is 10.1. The van der Waals surface area contributed by atoms with E-state index in [2.05, 4.69) is 18.4 Å². The van der Waals surface area contributed by atoms with Gasteiger partial charge in [0.15, 0.2) is 0 Å². The van der Waals surface area contributed by atoms with Gasteiger partial charge in [-0.1, -0.05) is 26.7 Å². The highest BCUT2D eigenvalue weighted by molar-refractivity contribution is 5.43. The summed E-state index contributed by atoms with van der Waals surface area (Å²) in [6, 6.07) is 0. The first kappa shape index (κ1) is 12.1. The zero-order valence-corrected chi connectivity index (χ0v) is 11.7. The van der Waals surface area contributed by atoms with Crippen molar-refractivity contribution >= 4 is 5.82 Å². The Balaban J connectivity index is 1.95. The first-order valence-electron chi connectivity index (χ1n) is 7.52. The quantitative estimate of drug-likeness (QED) is 0.882. The summed E-state index contributed by atoms with van der Waals surface area (Å²) in [5.74, 6) is 4.22. The van der Waals surface area contributed by atoms with Crippen LogP contribution in [0.1, 0.15) is 75.7 Å². The summed E-state index contributed by atoms with van der Waals surface area (Å²) >= 11 is 0. The number of anilines is 1. The maximum atomic E-state index is 6.36. The second-order valence-electron chi connectivity index (χ2n) is 6.50. The molecular formula is C15H25N3. The average Bonchev–Trinajstić information content (AvgIpc) is 2.92. The topological polar surface area (TPSA) is 43.8 Å². The molecule has 0 amide bonds. The lowest BCUT2D eigenvalue weighted by Crippen LogP contribution is -2.13. The number of nitrogens with zero attached hydrogens (tertiary/aromatic N) is 2. The van der Waals surface area contributed by atoms with Gasteiger partial charge in [-0.2, -0.15) is 0 Å². The molecule has 2 aliphatic carbocycles. The summed E-state index contributed by atoms with van der Waals surface area (Å²) in [4.78, 5) is 4.94. The molecule has 3 rings (SSSR count). The second-order valence-corrected chi connectivity index (χ2v) is 6.50. The van der Waals surface area contributed by atoms with Gasteiger partial charge < -0.3 is 10.3 Å². The number of nitrogen functional groups attached to an aromatic ring is 1. The van der Waals surface area contributed by atoms with Crippen LogP contribution in [-0.4, -0.2) is 9.55 Å². The predicted octanol–water partition coefficient (Wildman–Crippen LogP) is 3.66. The standard InChI is InChI=1S/C15H25N3/c1-10(2)9-18-14(16)13(11-7-8-11)17-15(18)12-5-3-4-6-12/h10-12H,3-9,16H2,1-2H3. The molecule has 2 N–H and O–H groups in total. The molecule has 2 fully saturated rings. The van der Waals surface area contributed by atoms with Crippen LogP contribution in [-0.2, 0) is 6.54 Å². The molecule has 2 saturated carbocycles. The van der Waals surface area contributed by atoms with E-state index in [1.807, 2.05) is 0 Å². The third-order valence-corrected chi connectivity index (χ3v) is 4.30. The first-order chi connectivity index (χ1) is 8.66. The van der Waals surface area contributed by atoms with Crippen LogP contribution in [0.25, 0.3) is 0 Å². The van der Waals surface area contributed by atoms with Crippen LogP contribution in [0.2, 0.25) is 0 Å². The van der Waals surface area contributed by atoms with Crippen LogP contribution >= 0.6 is 0 Å². The Morgan fingerprint density at radius 2 is 1.83 bits per heavy atom. The highest BCUT2D eigenvalue weighted by atomic mass is 15.2. The van der Waals surface area contributed by atoms with Gasteiger partial charge in [-0.05, 0) is 31.6 Å². The van der Waals surface area contributed by atoms with Gasteiger partial charge >= 0.3 is 0 Å². The molecule has 1 heterocycles. The Kier molecular flexibility index (Phi) is 3.08. The molecule has 3 nitrogen and oxygen atoms in total. The summed E-state index contributed by atoms with van der Waals surface area (Å²) in [5, 5.41) is 0. The molecule has 18 heavy (non-hydrogen) atoms. The van der Waals surface area contributed by atoms with Gasteiger partial charge in [-0.25, -0.2) is 4.98 Å². The Morgan fingerprint density at radius 3 is 2.39 bits per heavy atom. The van der Waals surface area contributed by atoms with Gasteiger partial charge in [-0.3, -0.25) is 0 Å². The zero-order valence-electron chi connectivity index (χ0n) is 11.7. The van der Waals surface area contributed by atoms with Gasteiger partial charge in [0.05, 0.1) is 5.69 Å². The van der Waals surface area contributed by atoms with E-state index in [1.54, 1.807) is 0 Å². The van der Waals surface area contributed by atoms with E-state index >= 15 is 0 Å². The maximum Gasteiger partial charge on any atom is 0.127 e. The van der Waals surface area contributed by atoms with Gasteiger partial charge in [0.25, 0.3) is 0 Å². The van der Waals surface area contributed by atoms with E-state index in [1.165, 1.54) is 50.0 Å². The lowest BCUT2D eigenvalue weighted by Gasteiger charge is -2.15. The summed E-state index contributed by atoms with van der Waals surface area (Å²) in [6.45, 7) is 5.54. The summed E-state index contributed by atoms with van der Waals surface area (Å²) in [5.41, 5.74) is 7.57. The van der Waals surface area contributed by atoms with E-state index in [4.69, 9.17) is 10.7 Å². The third kappa shape index (κ3) is 2.15. The molecule has 0 radical (unpaired) electrons.